The van der Waals surface area contributed by atoms with Crippen LogP contribution in [0.15, 0.2) is 18.5 Å². The molecule has 0 aliphatic carbocycles. The first-order valence-electron chi connectivity index (χ1n) is 4.36. The normalized spacial score (nSPS) is 11.9. The van der Waals surface area contributed by atoms with Crippen molar-refractivity contribution in [2.45, 2.75) is 6.92 Å². The number of allylic oxidation sites excluding steroid dienone is 1. The molecule has 0 spiro atoms. The number of hydrogen-bond acceptors (Lipinski definition) is 4. The highest BCUT2D eigenvalue weighted by molar-refractivity contribution is 5.78. The summed E-state index contributed by atoms with van der Waals surface area (Å²) in [7, 11) is 0. The Morgan fingerprint density at radius 3 is 3.13 bits per heavy atom. The lowest BCUT2D eigenvalue weighted by Gasteiger charge is -2.05. The summed E-state index contributed by atoms with van der Waals surface area (Å²) in [5, 5.41) is 9.62. The molecular formula is C10H9N5. The predicted octanol–water partition coefficient (Wildman–Crippen LogP) is 1.03. The average molecular weight is 199 g/mol. The fourth-order valence-corrected chi connectivity index (χ4v) is 1.10. The number of aryl methyl sites for hydroxylation is 1. The van der Waals surface area contributed by atoms with Crippen LogP contribution in [-0.2, 0) is 0 Å². The van der Waals surface area contributed by atoms with Crippen LogP contribution < -0.4 is 5.32 Å². The summed E-state index contributed by atoms with van der Waals surface area (Å²) in [6.07, 6.45) is 8.65. The maximum atomic E-state index is 5.33. The molecule has 1 aromatic heterocycles. The summed E-state index contributed by atoms with van der Waals surface area (Å²) >= 11 is 0. The van der Waals surface area contributed by atoms with E-state index in [1.165, 1.54) is 0 Å². The highest BCUT2D eigenvalue weighted by Gasteiger charge is 2.05. The van der Waals surface area contributed by atoms with Crippen molar-refractivity contribution in [3.8, 4) is 12.3 Å². The van der Waals surface area contributed by atoms with Crippen molar-refractivity contribution >= 4 is 11.5 Å². The van der Waals surface area contributed by atoms with E-state index in [1.807, 2.05) is 6.92 Å². The van der Waals surface area contributed by atoms with Gasteiger partial charge in [-0.05, 0) is 13.0 Å². The smallest absolute Gasteiger partial charge is 0.244 e. The van der Waals surface area contributed by atoms with E-state index in [0.29, 0.717) is 23.0 Å². The van der Waals surface area contributed by atoms with Crippen molar-refractivity contribution in [3.63, 3.8) is 0 Å². The van der Waals surface area contributed by atoms with Crippen LogP contribution in [0.3, 0.4) is 0 Å². The Morgan fingerprint density at radius 2 is 2.33 bits per heavy atom. The molecule has 15 heavy (non-hydrogen) atoms. The third-order valence-electron chi connectivity index (χ3n) is 1.83. The second-order valence-corrected chi connectivity index (χ2v) is 2.92. The average Bonchev–Trinajstić information content (AvgIpc) is 2.32. The van der Waals surface area contributed by atoms with E-state index in [0.717, 1.165) is 0 Å². The van der Waals surface area contributed by atoms with Gasteiger partial charge in [-0.1, -0.05) is 5.92 Å². The number of nitrogens with zero attached hydrogens (tertiary/aromatic N) is 3. The van der Waals surface area contributed by atoms with E-state index in [2.05, 4.69) is 31.4 Å². The summed E-state index contributed by atoms with van der Waals surface area (Å²) in [6.45, 7) is 1.81. The summed E-state index contributed by atoms with van der Waals surface area (Å²) in [5.74, 6) is 3.68. The Labute approximate surface area is 87.0 Å². The summed E-state index contributed by atoms with van der Waals surface area (Å²) in [5.41, 5.74) is 1.36. The van der Waals surface area contributed by atoms with Gasteiger partial charge in [0.1, 0.15) is 5.82 Å². The number of rotatable bonds is 0. The maximum Gasteiger partial charge on any atom is 0.244 e. The van der Waals surface area contributed by atoms with E-state index in [1.54, 1.807) is 18.5 Å². The minimum atomic E-state index is 0.463. The van der Waals surface area contributed by atoms with Gasteiger partial charge in [0, 0.05) is 12.4 Å². The Morgan fingerprint density at radius 1 is 1.47 bits per heavy atom. The minimum absolute atomic E-state index is 0.463. The highest BCUT2D eigenvalue weighted by atomic mass is 15.2. The SMILES string of the molecule is C#CC1=CNc2n[nH]c(C)nccc1n2. The van der Waals surface area contributed by atoms with Gasteiger partial charge >= 0.3 is 0 Å². The third-order valence-corrected chi connectivity index (χ3v) is 1.83. The number of aromatic amines is 1. The van der Waals surface area contributed by atoms with Gasteiger partial charge in [-0.3, -0.25) is 5.10 Å². The zero-order chi connectivity index (χ0) is 10.7. The monoisotopic (exact) mass is 199 g/mol. The van der Waals surface area contributed by atoms with Gasteiger partial charge in [0.2, 0.25) is 5.95 Å². The molecule has 2 rings (SSSR count). The molecule has 2 N–H and O–H groups in total. The van der Waals surface area contributed by atoms with E-state index in [9.17, 15) is 0 Å². The fourth-order valence-electron chi connectivity index (χ4n) is 1.10. The zero-order valence-corrected chi connectivity index (χ0v) is 8.15. The van der Waals surface area contributed by atoms with Crippen LogP contribution in [0.1, 0.15) is 11.5 Å². The summed E-state index contributed by atoms with van der Waals surface area (Å²) in [4.78, 5) is 8.30. The lowest BCUT2D eigenvalue weighted by atomic mass is 10.2. The molecule has 0 radical (unpaired) electrons. The summed E-state index contributed by atoms with van der Waals surface area (Å²) < 4.78 is 0. The maximum absolute atomic E-state index is 5.33. The second kappa shape index (κ2) is 3.80. The van der Waals surface area contributed by atoms with Crippen LogP contribution in [0.4, 0.5) is 5.95 Å². The molecule has 5 nitrogen and oxygen atoms in total. The first-order chi connectivity index (χ1) is 7.29. The fraction of sp³-hybridized carbons (Fsp3) is 0.100. The molecule has 0 atom stereocenters. The van der Waals surface area contributed by atoms with Gasteiger partial charge in [0.15, 0.2) is 0 Å². The molecule has 2 heterocycles. The molecular weight excluding hydrogens is 190 g/mol. The molecule has 1 aliphatic heterocycles. The molecule has 0 unspecified atom stereocenters. The molecule has 0 saturated heterocycles. The van der Waals surface area contributed by atoms with Crippen LogP contribution in [0, 0.1) is 19.3 Å². The number of fused-ring (bicyclic) bond motifs is 2. The number of terminal acetylenes is 1. The van der Waals surface area contributed by atoms with E-state index < -0.39 is 0 Å². The van der Waals surface area contributed by atoms with Gasteiger partial charge in [0.25, 0.3) is 0 Å². The lowest BCUT2D eigenvalue weighted by molar-refractivity contribution is 0.932. The highest BCUT2D eigenvalue weighted by Crippen LogP contribution is 2.14. The quantitative estimate of drug-likeness (QED) is 0.612. The van der Waals surface area contributed by atoms with Crippen molar-refractivity contribution in [1.29, 1.82) is 0 Å². The molecule has 0 saturated carbocycles. The second-order valence-electron chi connectivity index (χ2n) is 2.92. The number of anilines is 1. The number of aromatic nitrogens is 4. The Balaban J connectivity index is 2.65. The van der Waals surface area contributed by atoms with Crippen LogP contribution in [0.5, 0.6) is 0 Å². The lowest BCUT2D eigenvalue weighted by Crippen LogP contribution is -2.03. The third kappa shape index (κ3) is 1.94. The zero-order valence-electron chi connectivity index (χ0n) is 8.15. The molecule has 1 aliphatic rings. The van der Waals surface area contributed by atoms with Crippen LogP contribution in [0.25, 0.3) is 5.57 Å². The molecule has 0 fully saturated rings. The standard InChI is InChI=1S/C10H9N5/c1-3-8-6-12-10-13-9(8)4-5-11-7(2)14-15-10/h1,4-6H,2H3,(H,11,14)(H,12,13,15). The topological polar surface area (TPSA) is 66.5 Å². The van der Waals surface area contributed by atoms with Gasteiger partial charge in [-0.2, -0.15) is 0 Å². The molecule has 0 amide bonds. The van der Waals surface area contributed by atoms with Gasteiger partial charge in [0.05, 0.1) is 11.3 Å². The Hall–Kier alpha value is -2.35. The van der Waals surface area contributed by atoms with Crippen LogP contribution >= 0.6 is 0 Å². The predicted molar refractivity (Wildman–Crippen MR) is 57.0 cm³/mol. The van der Waals surface area contributed by atoms with Gasteiger partial charge in [-0.15, -0.1) is 11.5 Å². The van der Waals surface area contributed by atoms with Gasteiger partial charge < -0.3 is 5.32 Å². The number of hydrogen-bond donors (Lipinski definition) is 2. The number of H-pyrrole nitrogens is 1. The van der Waals surface area contributed by atoms with Crippen molar-refractivity contribution < 1.29 is 0 Å². The van der Waals surface area contributed by atoms with Crippen LogP contribution in [-0.4, -0.2) is 20.2 Å². The molecule has 0 aromatic carbocycles. The van der Waals surface area contributed by atoms with E-state index in [4.69, 9.17) is 6.42 Å². The minimum Gasteiger partial charge on any atom is -0.328 e. The van der Waals surface area contributed by atoms with E-state index in [-0.39, 0.29) is 0 Å². The van der Waals surface area contributed by atoms with Crippen LogP contribution in [0.2, 0.25) is 0 Å². The van der Waals surface area contributed by atoms with Crippen molar-refractivity contribution in [2.24, 2.45) is 0 Å². The first kappa shape index (κ1) is 9.21. The van der Waals surface area contributed by atoms with E-state index >= 15 is 0 Å². The molecule has 1 aromatic rings. The Kier molecular flexibility index (Phi) is 2.33. The van der Waals surface area contributed by atoms with Crippen molar-refractivity contribution in [1.82, 2.24) is 20.2 Å². The largest absolute Gasteiger partial charge is 0.328 e. The molecule has 2 bridgehead atoms. The van der Waals surface area contributed by atoms with Crippen molar-refractivity contribution in [2.75, 3.05) is 5.32 Å². The van der Waals surface area contributed by atoms with Gasteiger partial charge in [-0.25, -0.2) is 9.97 Å². The molecule has 5 heteroatoms. The number of nitrogens with one attached hydrogen (secondary N) is 2. The molecule has 74 valence electrons. The first-order valence-corrected chi connectivity index (χ1v) is 4.36. The Bertz CT molecular complexity index is 505. The summed E-state index contributed by atoms with van der Waals surface area (Å²) in [6, 6.07) is 1.75. The van der Waals surface area contributed by atoms with Crippen molar-refractivity contribution in [3.05, 3.63) is 30.0 Å².